The molecule has 0 aromatic heterocycles. The van der Waals surface area contributed by atoms with E-state index < -0.39 is 17.7 Å². The quantitative estimate of drug-likeness (QED) is 0.252. The minimum absolute atomic E-state index is 0.00451. The van der Waals surface area contributed by atoms with Gasteiger partial charge in [0.2, 0.25) is 0 Å². The van der Waals surface area contributed by atoms with Crippen LogP contribution in [0.4, 0.5) is 0 Å². The van der Waals surface area contributed by atoms with Gasteiger partial charge in [0.25, 0.3) is 11.7 Å². The summed E-state index contributed by atoms with van der Waals surface area (Å²) < 4.78 is 16.3. The highest BCUT2D eigenvalue weighted by Crippen LogP contribution is 2.41. The molecule has 1 fully saturated rings. The molecule has 192 valence electrons. The number of methoxy groups -OCH3 is 2. The Morgan fingerprint density at radius 2 is 1.57 bits per heavy atom. The Bertz CT molecular complexity index is 1330. The normalized spacial score (nSPS) is 16.8. The monoisotopic (exact) mass is 501 g/mol. The average molecular weight is 502 g/mol. The van der Waals surface area contributed by atoms with Gasteiger partial charge in [-0.25, -0.2) is 0 Å². The summed E-state index contributed by atoms with van der Waals surface area (Å²) in [5.41, 5.74) is 2.79. The lowest BCUT2D eigenvalue weighted by Gasteiger charge is -2.26. The van der Waals surface area contributed by atoms with Gasteiger partial charge in [-0.15, -0.1) is 0 Å². The predicted molar refractivity (Wildman–Crippen MR) is 141 cm³/mol. The van der Waals surface area contributed by atoms with Crippen LogP contribution in [0.3, 0.4) is 0 Å². The first-order valence-corrected chi connectivity index (χ1v) is 12.1. The van der Waals surface area contributed by atoms with Crippen molar-refractivity contribution in [3.63, 3.8) is 0 Å². The van der Waals surface area contributed by atoms with Crippen LogP contribution in [0, 0.1) is 6.92 Å². The van der Waals surface area contributed by atoms with Crippen molar-refractivity contribution in [2.24, 2.45) is 0 Å². The van der Waals surface area contributed by atoms with E-state index in [-0.39, 0.29) is 24.0 Å². The van der Waals surface area contributed by atoms with Crippen molar-refractivity contribution in [1.29, 1.82) is 0 Å². The second kappa shape index (κ2) is 10.8. The van der Waals surface area contributed by atoms with Crippen molar-refractivity contribution < 1.29 is 28.9 Å². The molecule has 7 nitrogen and oxygen atoms in total. The van der Waals surface area contributed by atoms with E-state index in [9.17, 15) is 14.7 Å². The number of nitrogens with zero attached hydrogens (tertiary/aromatic N) is 1. The third-order valence-electron chi connectivity index (χ3n) is 6.29. The van der Waals surface area contributed by atoms with Gasteiger partial charge in [0.15, 0.2) is 0 Å². The first kappa shape index (κ1) is 25.8. The van der Waals surface area contributed by atoms with E-state index in [1.165, 1.54) is 4.90 Å². The van der Waals surface area contributed by atoms with Crippen LogP contribution >= 0.6 is 0 Å². The summed E-state index contributed by atoms with van der Waals surface area (Å²) in [7, 11) is 3.15. The number of Topliss-reactive ketones (excluding diaryl/α,β-unsaturated/α-hetero) is 1. The van der Waals surface area contributed by atoms with Crippen LogP contribution in [0.1, 0.15) is 42.1 Å². The minimum Gasteiger partial charge on any atom is -0.507 e. The van der Waals surface area contributed by atoms with Gasteiger partial charge in [0, 0.05) is 12.1 Å². The fourth-order valence-electron chi connectivity index (χ4n) is 4.50. The smallest absolute Gasteiger partial charge is 0.295 e. The number of aryl methyl sites for hydroxylation is 1. The number of hydrogen-bond donors (Lipinski definition) is 1. The molecule has 1 amide bonds. The Morgan fingerprint density at radius 1 is 0.919 bits per heavy atom. The van der Waals surface area contributed by atoms with E-state index in [0.29, 0.717) is 28.4 Å². The number of likely N-dealkylation sites (tertiary alicyclic amines) is 1. The van der Waals surface area contributed by atoms with Gasteiger partial charge in [-0.2, -0.15) is 0 Å². The zero-order valence-corrected chi connectivity index (χ0v) is 21.6. The molecule has 1 unspecified atom stereocenters. The van der Waals surface area contributed by atoms with Gasteiger partial charge in [-0.3, -0.25) is 9.59 Å². The standard InChI is InChI=1S/C30H31NO6/c1-18(2)37-24-13-8-21(9-14-24)27-26(28(32)22-10-15-25(36-5)19(3)16-22)29(33)30(34)31(27)17-20-6-11-23(35-4)12-7-20/h6-16,18,27,32H,17H2,1-5H3/b28-26-. The van der Waals surface area contributed by atoms with E-state index in [1.54, 1.807) is 56.7 Å². The van der Waals surface area contributed by atoms with Crippen LogP contribution in [0.2, 0.25) is 0 Å². The van der Waals surface area contributed by atoms with Gasteiger partial charge in [0.05, 0.1) is 31.9 Å². The molecule has 0 saturated carbocycles. The number of amides is 1. The molecule has 0 radical (unpaired) electrons. The Hall–Kier alpha value is -4.26. The summed E-state index contributed by atoms with van der Waals surface area (Å²) >= 11 is 0. The van der Waals surface area contributed by atoms with E-state index in [4.69, 9.17) is 14.2 Å². The molecule has 0 bridgehead atoms. The van der Waals surface area contributed by atoms with Crippen LogP contribution < -0.4 is 14.2 Å². The number of benzene rings is 3. The van der Waals surface area contributed by atoms with Gasteiger partial charge in [0.1, 0.15) is 23.0 Å². The fourth-order valence-corrected chi connectivity index (χ4v) is 4.50. The summed E-state index contributed by atoms with van der Waals surface area (Å²) in [6, 6.07) is 18.9. The molecule has 0 spiro atoms. The second-order valence-electron chi connectivity index (χ2n) is 9.20. The molecule has 1 heterocycles. The molecule has 1 aliphatic rings. The maximum absolute atomic E-state index is 13.3. The van der Waals surface area contributed by atoms with Gasteiger partial charge >= 0.3 is 0 Å². The van der Waals surface area contributed by atoms with Gasteiger partial charge in [-0.1, -0.05) is 24.3 Å². The summed E-state index contributed by atoms with van der Waals surface area (Å²) in [6.45, 7) is 5.91. The minimum atomic E-state index is -0.780. The molecule has 1 aliphatic heterocycles. The van der Waals surface area contributed by atoms with Gasteiger partial charge in [-0.05, 0) is 79.9 Å². The molecule has 7 heteroatoms. The number of carbonyl (C=O) groups excluding carboxylic acids is 2. The summed E-state index contributed by atoms with van der Waals surface area (Å²) in [4.78, 5) is 28.1. The second-order valence-corrected chi connectivity index (χ2v) is 9.20. The van der Waals surface area contributed by atoms with Crippen molar-refractivity contribution in [3.8, 4) is 17.2 Å². The highest BCUT2D eigenvalue weighted by atomic mass is 16.5. The molecular formula is C30H31NO6. The molecule has 4 rings (SSSR count). The van der Waals surface area contributed by atoms with Crippen LogP contribution in [0.15, 0.2) is 72.3 Å². The van der Waals surface area contributed by atoms with Crippen molar-refractivity contribution in [3.05, 3.63) is 94.6 Å². The summed E-state index contributed by atoms with van der Waals surface area (Å²) in [5, 5.41) is 11.4. The largest absolute Gasteiger partial charge is 0.507 e. The fraction of sp³-hybridized carbons (Fsp3) is 0.267. The van der Waals surface area contributed by atoms with Crippen LogP contribution in [-0.4, -0.2) is 42.0 Å². The molecule has 3 aromatic carbocycles. The number of ether oxygens (including phenoxy) is 3. The van der Waals surface area contributed by atoms with Crippen molar-refractivity contribution in [1.82, 2.24) is 4.90 Å². The molecule has 3 aromatic rings. The lowest BCUT2D eigenvalue weighted by molar-refractivity contribution is -0.140. The third-order valence-corrected chi connectivity index (χ3v) is 6.29. The van der Waals surface area contributed by atoms with Gasteiger partial charge < -0.3 is 24.2 Å². The molecule has 37 heavy (non-hydrogen) atoms. The van der Waals surface area contributed by atoms with Crippen molar-refractivity contribution in [2.75, 3.05) is 14.2 Å². The van der Waals surface area contributed by atoms with Crippen molar-refractivity contribution in [2.45, 2.75) is 39.5 Å². The van der Waals surface area contributed by atoms with Crippen LogP contribution in [0.5, 0.6) is 17.2 Å². The van der Waals surface area contributed by atoms with Crippen LogP contribution in [0.25, 0.3) is 5.76 Å². The number of hydrogen-bond acceptors (Lipinski definition) is 6. The number of aliphatic hydroxyl groups is 1. The maximum atomic E-state index is 13.3. The molecule has 1 saturated heterocycles. The number of aliphatic hydroxyl groups excluding tert-OH is 1. The summed E-state index contributed by atoms with van der Waals surface area (Å²) in [6.07, 6.45) is 0.00451. The highest BCUT2D eigenvalue weighted by molar-refractivity contribution is 6.46. The van der Waals surface area contributed by atoms with E-state index >= 15 is 0 Å². The van der Waals surface area contributed by atoms with E-state index in [1.807, 2.05) is 45.0 Å². The lowest BCUT2D eigenvalue weighted by Crippen LogP contribution is -2.29. The Morgan fingerprint density at radius 3 is 2.14 bits per heavy atom. The highest BCUT2D eigenvalue weighted by Gasteiger charge is 2.46. The first-order chi connectivity index (χ1) is 17.7. The number of carbonyl (C=O) groups is 2. The number of ketones is 1. The lowest BCUT2D eigenvalue weighted by atomic mass is 9.94. The molecule has 1 atom stereocenters. The van der Waals surface area contributed by atoms with E-state index in [0.717, 1.165) is 11.1 Å². The first-order valence-electron chi connectivity index (χ1n) is 12.1. The summed E-state index contributed by atoms with van der Waals surface area (Å²) in [5.74, 6) is 0.402. The average Bonchev–Trinajstić information content (AvgIpc) is 3.13. The third kappa shape index (κ3) is 5.31. The topological polar surface area (TPSA) is 85.3 Å². The zero-order chi connectivity index (χ0) is 26.7. The van der Waals surface area contributed by atoms with Crippen molar-refractivity contribution >= 4 is 17.4 Å². The van der Waals surface area contributed by atoms with Crippen LogP contribution in [-0.2, 0) is 16.1 Å². The van der Waals surface area contributed by atoms with E-state index in [2.05, 4.69) is 0 Å². The number of rotatable bonds is 8. The molecule has 0 aliphatic carbocycles. The predicted octanol–water partition coefficient (Wildman–Crippen LogP) is 5.42. The SMILES string of the molecule is COc1ccc(CN2C(=O)C(=O)/C(=C(\O)c3ccc(OC)c(C)c3)C2c2ccc(OC(C)C)cc2)cc1. The molecule has 1 N–H and O–H groups in total. The Labute approximate surface area is 216 Å². The molecular weight excluding hydrogens is 470 g/mol. The Balaban J connectivity index is 1.81. The Kier molecular flexibility index (Phi) is 7.53. The maximum Gasteiger partial charge on any atom is 0.295 e. The zero-order valence-electron chi connectivity index (χ0n) is 21.6.